The van der Waals surface area contributed by atoms with Crippen LogP contribution in [0.1, 0.15) is 26.2 Å². The number of unbranched alkanes of at least 4 members (excludes halogenated alkanes) is 2. The summed E-state index contributed by atoms with van der Waals surface area (Å²) in [5, 5.41) is 11.3. The SMILES string of the molecule is CCNc1nc(OCCCCCO)c(F)cc1F. The van der Waals surface area contributed by atoms with E-state index >= 15 is 0 Å². The average molecular weight is 260 g/mol. The number of rotatable bonds is 8. The van der Waals surface area contributed by atoms with Gasteiger partial charge in [-0.25, -0.2) is 8.78 Å². The molecule has 0 bridgehead atoms. The van der Waals surface area contributed by atoms with Crippen molar-refractivity contribution >= 4 is 5.82 Å². The molecule has 18 heavy (non-hydrogen) atoms. The maximum Gasteiger partial charge on any atom is 0.252 e. The van der Waals surface area contributed by atoms with E-state index in [4.69, 9.17) is 9.84 Å². The van der Waals surface area contributed by atoms with Crippen LogP contribution in [0.3, 0.4) is 0 Å². The van der Waals surface area contributed by atoms with Crippen LogP contribution < -0.4 is 10.1 Å². The van der Waals surface area contributed by atoms with E-state index in [0.717, 1.165) is 12.5 Å². The largest absolute Gasteiger partial charge is 0.476 e. The van der Waals surface area contributed by atoms with Crippen LogP contribution in [0.2, 0.25) is 0 Å². The third-order valence-electron chi connectivity index (χ3n) is 2.28. The van der Waals surface area contributed by atoms with Gasteiger partial charge in [-0.3, -0.25) is 0 Å². The number of hydrogen-bond donors (Lipinski definition) is 2. The molecular weight excluding hydrogens is 242 g/mol. The van der Waals surface area contributed by atoms with Crippen molar-refractivity contribution in [3.63, 3.8) is 0 Å². The van der Waals surface area contributed by atoms with E-state index in [-0.39, 0.29) is 18.3 Å². The summed E-state index contributed by atoms with van der Waals surface area (Å²) in [6.07, 6.45) is 2.17. The Morgan fingerprint density at radius 3 is 2.72 bits per heavy atom. The smallest absolute Gasteiger partial charge is 0.252 e. The van der Waals surface area contributed by atoms with E-state index in [1.807, 2.05) is 0 Å². The zero-order valence-electron chi connectivity index (χ0n) is 10.4. The Kier molecular flexibility index (Phi) is 6.35. The summed E-state index contributed by atoms with van der Waals surface area (Å²) in [6.45, 7) is 2.71. The van der Waals surface area contributed by atoms with Crippen LogP contribution in [-0.4, -0.2) is 29.8 Å². The molecule has 0 unspecified atom stereocenters. The monoisotopic (exact) mass is 260 g/mol. The molecule has 1 aromatic heterocycles. The van der Waals surface area contributed by atoms with Gasteiger partial charge in [0.15, 0.2) is 17.5 Å². The zero-order chi connectivity index (χ0) is 13.4. The fraction of sp³-hybridized carbons (Fsp3) is 0.583. The summed E-state index contributed by atoms with van der Waals surface area (Å²) in [5.74, 6) is -1.75. The van der Waals surface area contributed by atoms with Crippen LogP contribution in [0.15, 0.2) is 6.07 Å². The summed E-state index contributed by atoms with van der Waals surface area (Å²) >= 11 is 0. The number of anilines is 1. The average Bonchev–Trinajstić information content (AvgIpc) is 2.34. The summed E-state index contributed by atoms with van der Waals surface area (Å²) in [7, 11) is 0. The summed E-state index contributed by atoms with van der Waals surface area (Å²) in [5.41, 5.74) is 0. The molecule has 0 saturated heterocycles. The van der Waals surface area contributed by atoms with Crippen molar-refractivity contribution in [1.29, 1.82) is 0 Å². The molecule has 0 aromatic carbocycles. The highest BCUT2D eigenvalue weighted by Crippen LogP contribution is 2.20. The van der Waals surface area contributed by atoms with Crippen molar-refractivity contribution in [2.45, 2.75) is 26.2 Å². The Balaban J connectivity index is 2.56. The lowest BCUT2D eigenvalue weighted by Gasteiger charge is -2.09. The van der Waals surface area contributed by atoms with Crippen molar-refractivity contribution in [3.8, 4) is 5.88 Å². The van der Waals surface area contributed by atoms with Gasteiger partial charge in [0.25, 0.3) is 5.88 Å². The Bertz CT molecular complexity index is 375. The quantitative estimate of drug-likeness (QED) is 0.704. The number of aliphatic hydroxyl groups is 1. The Morgan fingerprint density at radius 2 is 2.06 bits per heavy atom. The van der Waals surface area contributed by atoms with E-state index < -0.39 is 11.6 Å². The van der Waals surface area contributed by atoms with Crippen molar-refractivity contribution in [3.05, 3.63) is 17.7 Å². The highest BCUT2D eigenvalue weighted by molar-refractivity contribution is 5.39. The standard InChI is InChI=1S/C12H18F2N2O2/c1-2-15-11-9(13)8-10(14)12(16-11)18-7-5-3-4-6-17/h8,17H,2-7H2,1H3,(H,15,16). The Morgan fingerprint density at radius 1 is 1.28 bits per heavy atom. The first-order chi connectivity index (χ1) is 8.69. The van der Waals surface area contributed by atoms with Crippen LogP contribution in [-0.2, 0) is 0 Å². The van der Waals surface area contributed by atoms with Gasteiger partial charge in [0.1, 0.15) is 0 Å². The molecule has 2 N–H and O–H groups in total. The molecule has 0 aliphatic heterocycles. The number of nitrogens with zero attached hydrogens (tertiary/aromatic N) is 1. The van der Waals surface area contributed by atoms with Crippen LogP contribution in [0, 0.1) is 11.6 Å². The molecule has 0 atom stereocenters. The third-order valence-corrected chi connectivity index (χ3v) is 2.28. The maximum atomic E-state index is 13.4. The molecule has 0 aliphatic carbocycles. The van der Waals surface area contributed by atoms with Crippen molar-refractivity contribution in [1.82, 2.24) is 4.98 Å². The first kappa shape index (κ1) is 14.6. The molecule has 1 heterocycles. The predicted octanol–water partition coefficient (Wildman–Crippen LogP) is 2.33. The molecule has 4 nitrogen and oxygen atoms in total. The highest BCUT2D eigenvalue weighted by atomic mass is 19.1. The van der Waals surface area contributed by atoms with Crippen molar-refractivity contribution < 1.29 is 18.6 Å². The van der Waals surface area contributed by atoms with Crippen LogP contribution >= 0.6 is 0 Å². The molecule has 0 fully saturated rings. The summed E-state index contributed by atoms with van der Waals surface area (Å²) in [4.78, 5) is 3.75. The summed E-state index contributed by atoms with van der Waals surface area (Å²) < 4.78 is 31.8. The number of aliphatic hydroxyl groups excluding tert-OH is 1. The number of nitrogens with one attached hydrogen (secondary N) is 1. The number of ether oxygens (including phenoxy) is 1. The fourth-order valence-corrected chi connectivity index (χ4v) is 1.40. The van der Waals surface area contributed by atoms with Gasteiger partial charge in [0.2, 0.25) is 0 Å². The second-order valence-electron chi connectivity index (χ2n) is 3.77. The third kappa shape index (κ3) is 4.44. The van der Waals surface area contributed by atoms with Crippen molar-refractivity contribution in [2.75, 3.05) is 25.1 Å². The number of aromatic nitrogens is 1. The minimum atomic E-state index is -0.809. The molecule has 0 saturated carbocycles. The van der Waals surface area contributed by atoms with E-state index in [0.29, 0.717) is 26.0 Å². The van der Waals surface area contributed by atoms with Gasteiger partial charge in [0, 0.05) is 19.2 Å². The van der Waals surface area contributed by atoms with Crippen LogP contribution in [0.5, 0.6) is 5.88 Å². The zero-order valence-corrected chi connectivity index (χ0v) is 10.4. The van der Waals surface area contributed by atoms with Gasteiger partial charge < -0.3 is 15.2 Å². The minimum Gasteiger partial charge on any atom is -0.476 e. The Labute approximate surface area is 105 Å². The minimum absolute atomic E-state index is 0.00995. The molecular formula is C12H18F2N2O2. The lowest BCUT2D eigenvalue weighted by Crippen LogP contribution is -2.07. The molecule has 0 radical (unpaired) electrons. The fourth-order valence-electron chi connectivity index (χ4n) is 1.40. The molecule has 6 heteroatoms. The van der Waals surface area contributed by atoms with Gasteiger partial charge >= 0.3 is 0 Å². The molecule has 0 amide bonds. The van der Waals surface area contributed by atoms with E-state index in [2.05, 4.69) is 10.3 Å². The lowest BCUT2D eigenvalue weighted by molar-refractivity contribution is 0.256. The van der Waals surface area contributed by atoms with Crippen molar-refractivity contribution in [2.24, 2.45) is 0 Å². The second-order valence-corrected chi connectivity index (χ2v) is 3.77. The molecule has 0 aliphatic rings. The molecule has 0 spiro atoms. The number of hydrogen-bond acceptors (Lipinski definition) is 4. The van der Waals surface area contributed by atoms with Crippen LogP contribution in [0.25, 0.3) is 0 Å². The molecule has 1 rings (SSSR count). The first-order valence-electron chi connectivity index (χ1n) is 6.02. The highest BCUT2D eigenvalue weighted by Gasteiger charge is 2.12. The number of pyridine rings is 1. The first-order valence-corrected chi connectivity index (χ1v) is 6.02. The van der Waals surface area contributed by atoms with Gasteiger partial charge in [-0.2, -0.15) is 4.98 Å². The summed E-state index contributed by atoms with van der Waals surface area (Å²) in [6, 6.07) is 0.758. The van der Waals surface area contributed by atoms with Crippen LogP contribution in [0.4, 0.5) is 14.6 Å². The van der Waals surface area contributed by atoms with Gasteiger partial charge in [-0.1, -0.05) is 0 Å². The van der Waals surface area contributed by atoms with Gasteiger partial charge in [-0.15, -0.1) is 0 Å². The lowest BCUT2D eigenvalue weighted by atomic mass is 10.2. The van der Waals surface area contributed by atoms with E-state index in [1.165, 1.54) is 0 Å². The Hall–Kier alpha value is -1.43. The van der Waals surface area contributed by atoms with Gasteiger partial charge in [-0.05, 0) is 26.2 Å². The molecule has 102 valence electrons. The number of halogens is 2. The molecule has 1 aromatic rings. The normalized spacial score (nSPS) is 10.4. The maximum absolute atomic E-state index is 13.4. The predicted molar refractivity (Wildman–Crippen MR) is 64.7 cm³/mol. The van der Waals surface area contributed by atoms with E-state index in [1.54, 1.807) is 6.92 Å². The van der Waals surface area contributed by atoms with E-state index in [9.17, 15) is 8.78 Å². The second kappa shape index (κ2) is 7.81. The topological polar surface area (TPSA) is 54.4 Å². The van der Waals surface area contributed by atoms with Gasteiger partial charge in [0.05, 0.1) is 6.61 Å².